The lowest BCUT2D eigenvalue weighted by atomic mass is 10.2. The van der Waals surface area contributed by atoms with Gasteiger partial charge in [0.05, 0.1) is 4.47 Å². The summed E-state index contributed by atoms with van der Waals surface area (Å²) < 4.78 is 13.3. The molecule has 0 saturated heterocycles. The SMILES string of the molecule is O=C(O)c1nc(-c2cccc(F)c2)ncc1Br. The number of rotatable bonds is 2. The molecule has 1 aromatic carbocycles. The van der Waals surface area contributed by atoms with E-state index in [0.717, 1.165) is 0 Å². The molecule has 6 heteroatoms. The van der Waals surface area contributed by atoms with E-state index in [1.807, 2.05) is 0 Å². The van der Waals surface area contributed by atoms with Gasteiger partial charge in [-0.25, -0.2) is 19.2 Å². The summed E-state index contributed by atoms with van der Waals surface area (Å²) in [4.78, 5) is 18.7. The van der Waals surface area contributed by atoms with Crippen LogP contribution in [0.5, 0.6) is 0 Å². The Bertz CT molecular complexity index is 589. The van der Waals surface area contributed by atoms with E-state index in [0.29, 0.717) is 5.56 Å². The summed E-state index contributed by atoms with van der Waals surface area (Å²) in [5, 5.41) is 8.90. The molecule has 1 heterocycles. The number of aromatic carboxylic acids is 1. The Morgan fingerprint density at radius 2 is 2.18 bits per heavy atom. The van der Waals surface area contributed by atoms with Crippen molar-refractivity contribution in [3.05, 3.63) is 46.4 Å². The maximum Gasteiger partial charge on any atom is 0.355 e. The summed E-state index contributed by atoms with van der Waals surface area (Å²) >= 11 is 3.04. The van der Waals surface area contributed by atoms with Crippen LogP contribution in [0.25, 0.3) is 11.4 Å². The fourth-order valence-electron chi connectivity index (χ4n) is 1.28. The zero-order chi connectivity index (χ0) is 12.4. The molecule has 1 aromatic heterocycles. The summed E-state index contributed by atoms with van der Waals surface area (Å²) in [6, 6.07) is 5.66. The summed E-state index contributed by atoms with van der Waals surface area (Å²) in [5.74, 6) is -1.42. The highest BCUT2D eigenvalue weighted by atomic mass is 79.9. The standard InChI is InChI=1S/C11H6BrFN2O2/c12-8-5-14-10(15-9(8)11(16)17)6-2-1-3-7(13)4-6/h1-5H,(H,16,17). The summed E-state index contributed by atoms with van der Waals surface area (Å²) in [6.07, 6.45) is 1.33. The van der Waals surface area contributed by atoms with Gasteiger partial charge in [-0.15, -0.1) is 0 Å². The molecule has 0 saturated carbocycles. The molecule has 0 atom stereocenters. The van der Waals surface area contributed by atoms with Gasteiger partial charge in [-0.2, -0.15) is 0 Å². The van der Waals surface area contributed by atoms with E-state index in [1.165, 1.54) is 24.4 Å². The zero-order valence-corrected chi connectivity index (χ0v) is 9.98. The molecule has 0 unspecified atom stereocenters. The van der Waals surface area contributed by atoms with Crippen LogP contribution >= 0.6 is 15.9 Å². The lowest BCUT2D eigenvalue weighted by Crippen LogP contribution is -2.04. The third-order valence-corrected chi connectivity index (χ3v) is 2.61. The Morgan fingerprint density at radius 3 is 2.82 bits per heavy atom. The lowest BCUT2D eigenvalue weighted by Gasteiger charge is -2.02. The number of aromatic nitrogens is 2. The molecule has 17 heavy (non-hydrogen) atoms. The Kier molecular flexibility index (Phi) is 3.14. The molecular formula is C11H6BrFN2O2. The first kappa shape index (κ1) is 11.7. The van der Waals surface area contributed by atoms with Crippen molar-refractivity contribution in [2.75, 3.05) is 0 Å². The molecule has 0 aliphatic rings. The molecule has 0 bridgehead atoms. The van der Waals surface area contributed by atoms with E-state index >= 15 is 0 Å². The first-order valence-corrected chi connectivity index (χ1v) is 5.39. The quantitative estimate of drug-likeness (QED) is 0.925. The van der Waals surface area contributed by atoms with Crippen molar-refractivity contribution >= 4 is 21.9 Å². The highest BCUT2D eigenvalue weighted by Crippen LogP contribution is 2.20. The first-order chi connectivity index (χ1) is 8.08. The highest BCUT2D eigenvalue weighted by Gasteiger charge is 2.13. The largest absolute Gasteiger partial charge is 0.476 e. The fourth-order valence-corrected chi connectivity index (χ4v) is 1.64. The van der Waals surface area contributed by atoms with Gasteiger partial charge < -0.3 is 5.11 Å². The minimum atomic E-state index is -1.17. The Balaban J connectivity index is 2.54. The monoisotopic (exact) mass is 296 g/mol. The van der Waals surface area contributed by atoms with E-state index < -0.39 is 11.8 Å². The Labute approximate surface area is 104 Å². The van der Waals surface area contributed by atoms with Gasteiger partial charge in [-0.05, 0) is 28.1 Å². The minimum Gasteiger partial charge on any atom is -0.476 e. The van der Waals surface area contributed by atoms with Crippen LogP contribution in [0.15, 0.2) is 34.9 Å². The highest BCUT2D eigenvalue weighted by molar-refractivity contribution is 9.10. The lowest BCUT2D eigenvalue weighted by molar-refractivity contribution is 0.0689. The number of hydrogen-bond acceptors (Lipinski definition) is 3. The van der Waals surface area contributed by atoms with Crippen molar-refractivity contribution in [3.8, 4) is 11.4 Å². The van der Waals surface area contributed by atoms with Crippen LogP contribution in [0.4, 0.5) is 4.39 Å². The molecule has 0 aliphatic carbocycles. The molecule has 2 aromatic rings. The van der Waals surface area contributed by atoms with Gasteiger partial charge in [-0.3, -0.25) is 0 Å². The first-order valence-electron chi connectivity index (χ1n) is 4.59. The van der Waals surface area contributed by atoms with Gasteiger partial charge in [0.15, 0.2) is 11.5 Å². The van der Waals surface area contributed by atoms with Crippen molar-refractivity contribution in [2.45, 2.75) is 0 Å². The van der Waals surface area contributed by atoms with Crippen LogP contribution < -0.4 is 0 Å². The fraction of sp³-hybridized carbons (Fsp3) is 0. The third kappa shape index (κ3) is 2.47. The number of carbonyl (C=O) groups is 1. The number of nitrogens with zero attached hydrogens (tertiary/aromatic N) is 2. The van der Waals surface area contributed by atoms with E-state index in [9.17, 15) is 9.18 Å². The van der Waals surface area contributed by atoms with E-state index in [1.54, 1.807) is 6.07 Å². The van der Waals surface area contributed by atoms with Crippen LogP contribution in [0.3, 0.4) is 0 Å². The Morgan fingerprint density at radius 1 is 1.41 bits per heavy atom. The second-order valence-corrected chi connectivity index (χ2v) is 4.06. The maximum absolute atomic E-state index is 13.0. The maximum atomic E-state index is 13.0. The molecule has 1 N–H and O–H groups in total. The van der Waals surface area contributed by atoms with Crippen LogP contribution in [0.1, 0.15) is 10.5 Å². The minimum absolute atomic E-state index is 0.153. The van der Waals surface area contributed by atoms with Gasteiger partial charge >= 0.3 is 5.97 Å². The van der Waals surface area contributed by atoms with Crippen LogP contribution in [-0.4, -0.2) is 21.0 Å². The molecule has 86 valence electrons. The normalized spacial score (nSPS) is 10.2. The van der Waals surface area contributed by atoms with Crippen molar-refractivity contribution in [2.24, 2.45) is 0 Å². The van der Waals surface area contributed by atoms with Gasteiger partial charge in [0.2, 0.25) is 0 Å². The van der Waals surface area contributed by atoms with Gasteiger partial charge in [0, 0.05) is 11.8 Å². The van der Waals surface area contributed by atoms with Crippen LogP contribution in [-0.2, 0) is 0 Å². The molecule has 0 aliphatic heterocycles. The molecule has 0 radical (unpaired) electrons. The predicted octanol–water partition coefficient (Wildman–Crippen LogP) is 2.74. The van der Waals surface area contributed by atoms with E-state index in [-0.39, 0.29) is 16.0 Å². The van der Waals surface area contributed by atoms with Gasteiger partial charge in [0.25, 0.3) is 0 Å². The molecule has 0 fully saturated rings. The number of benzene rings is 1. The topological polar surface area (TPSA) is 63.1 Å². The third-order valence-electron chi connectivity index (χ3n) is 2.03. The van der Waals surface area contributed by atoms with Gasteiger partial charge in [-0.1, -0.05) is 12.1 Å². The summed E-state index contributed by atoms with van der Waals surface area (Å²) in [7, 11) is 0. The summed E-state index contributed by atoms with van der Waals surface area (Å²) in [6.45, 7) is 0. The predicted molar refractivity (Wildman–Crippen MR) is 62.1 cm³/mol. The van der Waals surface area contributed by atoms with Crippen molar-refractivity contribution in [1.29, 1.82) is 0 Å². The van der Waals surface area contributed by atoms with Crippen molar-refractivity contribution < 1.29 is 14.3 Å². The van der Waals surface area contributed by atoms with Crippen LogP contribution in [0.2, 0.25) is 0 Å². The number of halogens is 2. The molecule has 2 rings (SSSR count). The average Bonchev–Trinajstić information content (AvgIpc) is 2.29. The van der Waals surface area contributed by atoms with Crippen molar-refractivity contribution in [1.82, 2.24) is 9.97 Å². The van der Waals surface area contributed by atoms with E-state index in [2.05, 4.69) is 25.9 Å². The zero-order valence-electron chi connectivity index (χ0n) is 8.39. The molecule has 0 spiro atoms. The second kappa shape index (κ2) is 4.58. The number of carboxylic acids is 1. The van der Waals surface area contributed by atoms with Gasteiger partial charge in [0.1, 0.15) is 5.82 Å². The van der Waals surface area contributed by atoms with Crippen LogP contribution in [0, 0.1) is 5.82 Å². The molecule has 4 nitrogen and oxygen atoms in total. The molecule has 0 amide bonds. The van der Waals surface area contributed by atoms with Crippen molar-refractivity contribution in [3.63, 3.8) is 0 Å². The smallest absolute Gasteiger partial charge is 0.355 e. The number of hydrogen-bond donors (Lipinski definition) is 1. The van der Waals surface area contributed by atoms with E-state index in [4.69, 9.17) is 5.11 Å². The number of carboxylic acid groups (broad SMARTS) is 1. The molecular weight excluding hydrogens is 291 g/mol. The Hall–Kier alpha value is -1.82. The average molecular weight is 297 g/mol. The summed E-state index contributed by atoms with van der Waals surface area (Å²) in [5.41, 5.74) is 0.277. The second-order valence-electron chi connectivity index (χ2n) is 3.21.